The maximum Gasteiger partial charge on any atom is 0.270 e. The quantitative estimate of drug-likeness (QED) is 0.754. The van der Waals surface area contributed by atoms with Crippen LogP contribution in [0.15, 0.2) is 46.9 Å². The van der Waals surface area contributed by atoms with E-state index in [9.17, 15) is 9.59 Å². The van der Waals surface area contributed by atoms with Gasteiger partial charge in [0, 0.05) is 11.0 Å². The van der Waals surface area contributed by atoms with Crippen LogP contribution in [0.4, 0.5) is 0 Å². The van der Waals surface area contributed by atoms with Crippen LogP contribution in [-0.2, 0) is 11.3 Å². The number of nitrogens with one attached hydrogen (secondary N) is 2. The first-order chi connectivity index (χ1) is 11.9. The molecule has 0 aliphatic heterocycles. The SMILES string of the molecule is Cc1ccc(CN(C)CC(=O)NNC(=O)c2ccccc2Br)c(C)c1. The van der Waals surface area contributed by atoms with Gasteiger partial charge in [-0.1, -0.05) is 35.9 Å². The number of carbonyl (C=O) groups excluding carboxylic acids is 2. The normalized spacial score (nSPS) is 10.6. The van der Waals surface area contributed by atoms with Gasteiger partial charge in [0.25, 0.3) is 11.8 Å². The molecule has 0 heterocycles. The third kappa shape index (κ3) is 5.69. The molecule has 0 unspecified atom stereocenters. The van der Waals surface area contributed by atoms with E-state index in [0.717, 1.165) is 0 Å². The molecule has 2 rings (SSSR count). The molecule has 5 nitrogen and oxygen atoms in total. The number of hydrogen-bond acceptors (Lipinski definition) is 3. The van der Waals surface area contributed by atoms with Gasteiger partial charge in [-0.25, -0.2) is 0 Å². The first-order valence-electron chi connectivity index (χ1n) is 7.95. The van der Waals surface area contributed by atoms with E-state index in [1.54, 1.807) is 18.2 Å². The zero-order valence-corrected chi connectivity index (χ0v) is 16.2. The minimum Gasteiger partial charge on any atom is -0.293 e. The second-order valence-corrected chi connectivity index (χ2v) is 6.94. The summed E-state index contributed by atoms with van der Waals surface area (Å²) in [6.45, 7) is 4.97. The van der Waals surface area contributed by atoms with Gasteiger partial charge in [0.15, 0.2) is 0 Å². The number of aryl methyl sites for hydroxylation is 2. The van der Waals surface area contributed by atoms with Crippen molar-refractivity contribution in [3.63, 3.8) is 0 Å². The number of hydrogen-bond donors (Lipinski definition) is 2. The first kappa shape index (κ1) is 19.1. The Morgan fingerprint density at radius 1 is 1.08 bits per heavy atom. The van der Waals surface area contributed by atoms with E-state index < -0.39 is 0 Å². The lowest BCUT2D eigenvalue weighted by atomic mass is 10.1. The Morgan fingerprint density at radius 2 is 1.80 bits per heavy atom. The van der Waals surface area contributed by atoms with Crippen molar-refractivity contribution >= 4 is 27.7 Å². The lowest BCUT2D eigenvalue weighted by Crippen LogP contribution is -2.45. The number of nitrogens with zero attached hydrogens (tertiary/aromatic N) is 1. The number of halogens is 1. The van der Waals surface area contributed by atoms with E-state index in [1.165, 1.54) is 16.7 Å². The third-order valence-electron chi connectivity index (χ3n) is 3.79. The average Bonchev–Trinajstić information content (AvgIpc) is 2.55. The summed E-state index contributed by atoms with van der Waals surface area (Å²) in [6.07, 6.45) is 0. The van der Waals surface area contributed by atoms with E-state index in [0.29, 0.717) is 16.6 Å². The van der Waals surface area contributed by atoms with E-state index in [-0.39, 0.29) is 18.4 Å². The van der Waals surface area contributed by atoms with Crippen LogP contribution in [0.25, 0.3) is 0 Å². The Labute approximate surface area is 156 Å². The van der Waals surface area contributed by atoms with Gasteiger partial charge in [0.1, 0.15) is 0 Å². The maximum atomic E-state index is 12.1. The Balaban J connectivity index is 1.83. The molecule has 2 aromatic carbocycles. The van der Waals surface area contributed by atoms with Crippen molar-refractivity contribution in [3.8, 4) is 0 Å². The number of benzene rings is 2. The van der Waals surface area contributed by atoms with Gasteiger partial charge in [0.05, 0.1) is 12.1 Å². The zero-order chi connectivity index (χ0) is 18.4. The smallest absolute Gasteiger partial charge is 0.270 e. The molecule has 132 valence electrons. The standard InChI is InChI=1S/C19H22BrN3O2/c1-13-8-9-15(14(2)10-13)11-23(3)12-18(24)21-22-19(25)16-6-4-5-7-17(16)20/h4-10H,11-12H2,1-3H3,(H,21,24)(H,22,25). The molecular formula is C19H22BrN3O2. The van der Waals surface area contributed by atoms with Gasteiger partial charge >= 0.3 is 0 Å². The van der Waals surface area contributed by atoms with Crippen LogP contribution in [0.2, 0.25) is 0 Å². The number of hydrazine groups is 1. The molecule has 25 heavy (non-hydrogen) atoms. The topological polar surface area (TPSA) is 61.4 Å². The van der Waals surface area contributed by atoms with Crippen LogP contribution in [-0.4, -0.2) is 30.3 Å². The predicted molar refractivity (Wildman–Crippen MR) is 102 cm³/mol. The molecule has 0 saturated heterocycles. The van der Waals surface area contributed by atoms with Crippen molar-refractivity contribution in [1.82, 2.24) is 15.8 Å². The molecule has 2 aromatic rings. The highest BCUT2D eigenvalue weighted by atomic mass is 79.9. The van der Waals surface area contributed by atoms with Gasteiger partial charge in [-0.05, 0) is 60.1 Å². The fourth-order valence-corrected chi connectivity index (χ4v) is 2.96. The average molecular weight is 404 g/mol. The number of rotatable bonds is 5. The fourth-order valence-electron chi connectivity index (χ4n) is 2.49. The molecule has 0 radical (unpaired) electrons. The number of amides is 2. The largest absolute Gasteiger partial charge is 0.293 e. The van der Waals surface area contributed by atoms with Crippen molar-refractivity contribution in [1.29, 1.82) is 0 Å². The summed E-state index contributed by atoms with van der Waals surface area (Å²) in [5, 5.41) is 0. The summed E-state index contributed by atoms with van der Waals surface area (Å²) in [6, 6.07) is 13.3. The fraction of sp³-hybridized carbons (Fsp3) is 0.263. The van der Waals surface area contributed by atoms with Crippen molar-refractivity contribution in [2.24, 2.45) is 0 Å². The molecule has 0 aromatic heterocycles. The third-order valence-corrected chi connectivity index (χ3v) is 4.48. The van der Waals surface area contributed by atoms with Crippen molar-refractivity contribution in [3.05, 3.63) is 69.2 Å². The summed E-state index contributed by atoms with van der Waals surface area (Å²) in [5.41, 5.74) is 8.95. The van der Waals surface area contributed by atoms with Crippen molar-refractivity contribution < 1.29 is 9.59 Å². The van der Waals surface area contributed by atoms with Crippen LogP contribution in [0.5, 0.6) is 0 Å². The molecule has 0 aliphatic rings. The summed E-state index contributed by atoms with van der Waals surface area (Å²) >= 11 is 3.31. The highest BCUT2D eigenvalue weighted by Crippen LogP contribution is 2.15. The van der Waals surface area contributed by atoms with Gasteiger partial charge < -0.3 is 0 Å². The van der Waals surface area contributed by atoms with E-state index in [1.807, 2.05) is 18.0 Å². The second kappa shape index (κ2) is 8.78. The van der Waals surface area contributed by atoms with Gasteiger partial charge in [-0.15, -0.1) is 0 Å². The summed E-state index contributed by atoms with van der Waals surface area (Å²) in [7, 11) is 1.87. The highest BCUT2D eigenvalue weighted by molar-refractivity contribution is 9.10. The summed E-state index contributed by atoms with van der Waals surface area (Å²) < 4.78 is 0.675. The Bertz CT molecular complexity index is 777. The zero-order valence-electron chi connectivity index (χ0n) is 14.6. The van der Waals surface area contributed by atoms with Gasteiger partial charge in [-0.2, -0.15) is 0 Å². The minimum atomic E-state index is -0.363. The number of carbonyl (C=O) groups is 2. The molecule has 2 amide bonds. The number of likely N-dealkylation sites (N-methyl/N-ethyl adjacent to an activating group) is 1. The first-order valence-corrected chi connectivity index (χ1v) is 8.74. The molecule has 0 spiro atoms. The summed E-state index contributed by atoms with van der Waals surface area (Å²) in [5.74, 6) is -0.634. The molecule has 0 bridgehead atoms. The second-order valence-electron chi connectivity index (χ2n) is 6.08. The Kier molecular flexibility index (Phi) is 6.73. The van der Waals surface area contributed by atoms with Crippen molar-refractivity contribution in [2.75, 3.05) is 13.6 Å². The Hall–Kier alpha value is -2.18. The van der Waals surface area contributed by atoms with E-state index in [2.05, 4.69) is 58.8 Å². The monoisotopic (exact) mass is 403 g/mol. The molecule has 0 aliphatic carbocycles. The molecule has 6 heteroatoms. The minimum absolute atomic E-state index is 0.184. The lowest BCUT2D eigenvalue weighted by Gasteiger charge is -2.18. The van der Waals surface area contributed by atoms with E-state index >= 15 is 0 Å². The predicted octanol–water partition coefficient (Wildman–Crippen LogP) is 2.96. The molecule has 2 N–H and O–H groups in total. The van der Waals surface area contributed by atoms with Gasteiger partial charge in [0.2, 0.25) is 0 Å². The molecule has 0 atom stereocenters. The lowest BCUT2D eigenvalue weighted by molar-refractivity contribution is -0.122. The van der Waals surface area contributed by atoms with Crippen LogP contribution >= 0.6 is 15.9 Å². The van der Waals surface area contributed by atoms with E-state index in [4.69, 9.17) is 0 Å². The van der Waals surface area contributed by atoms with Crippen LogP contribution in [0.3, 0.4) is 0 Å². The highest BCUT2D eigenvalue weighted by Gasteiger charge is 2.12. The maximum absolute atomic E-state index is 12.1. The van der Waals surface area contributed by atoms with Crippen LogP contribution in [0.1, 0.15) is 27.0 Å². The van der Waals surface area contributed by atoms with Crippen LogP contribution < -0.4 is 10.9 Å². The molecule has 0 fully saturated rings. The molecule has 0 saturated carbocycles. The van der Waals surface area contributed by atoms with Crippen molar-refractivity contribution in [2.45, 2.75) is 20.4 Å². The Morgan fingerprint density at radius 3 is 2.48 bits per heavy atom. The van der Waals surface area contributed by atoms with Gasteiger partial charge in [-0.3, -0.25) is 25.3 Å². The molecular weight excluding hydrogens is 382 g/mol. The summed E-state index contributed by atoms with van der Waals surface area (Å²) in [4.78, 5) is 26.0. The van der Waals surface area contributed by atoms with Crippen LogP contribution in [0, 0.1) is 13.8 Å².